The number of carbonyl (C=O) groups is 3. The molecule has 0 bridgehead atoms. The minimum absolute atomic E-state index is 0.0109. The lowest BCUT2D eigenvalue weighted by atomic mass is 10.0. The molecule has 2 aliphatic heterocycles. The van der Waals surface area contributed by atoms with E-state index in [1.807, 2.05) is 22.9 Å². The molecule has 3 amide bonds. The summed E-state index contributed by atoms with van der Waals surface area (Å²) in [5, 5.41) is 7.42. The first-order valence-corrected chi connectivity index (χ1v) is 12.2. The van der Waals surface area contributed by atoms with E-state index in [1.54, 1.807) is 17.0 Å². The van der Waals surface area contributed by atoms with E-state index in [4.69, 9.17) is 0 Å². The monoisotopic (exact) mass is 489 g/mol. The highest BCUT2D eigenvalue weighted by Gasteiger charge is 2.33. The molecule has 0 spiro atoms. The largest absolute Gasteiger partial charge is 0.353 e. The van der Waals surface area contributed by atoms with E-state index in [2.05, 4.69) is 22.5 Å². The van der Waals surface area contributed by atoms with Crippen molar-refractivity contribution in [3.63, 3.8) is 0 Å². The molecule has 2 aliphatic rings. The van der Waals surface area contributed by atoms with Crippen LogP contribution in [0, 0.1) is 5.82 Å². The summed E-state index contributed by atoms with van der Waals surface area (Å²) >= 11 is 0. The topological polar surface area (TPSA) is 87.5 Å². The molecule has 3 aromatic rings. The summed E-state index contributed by atoms with van der Waals surface area (Å²) in [6.45, 7) is 1.98. The van der Waals surface area contributed by atoms with Gasteiger partial charge in [0.15, 0.2) is 5.69 Å². The van der Waals surface area contributed by atoms with Gasteiger partial charge in [-0.3, -0.25) is 19.1 Å². The van der Waals surface area contributed by atoms with Gasteiger partial charge in [0.05, 0.1) is 18.7 Å². The molecule has 9 heteroatoms. The van der Waals surface area contributed by atoms with Crippen LogP contribution >= 0.6 is 0 Å². The average molecular weight is 490 g/mol. The number of hydrogen-bond acceptors (Lipinski definition) is 4. The van der Waals surface area contributed by atoms with Crippen molar-refractivity contribution in [3.8, 4) is 0 Å². The van der Waals surface area contributed by atoms with Gasteiger partial charge in [0, 0.05) is 43.9 Å². The number of nitrogens with one attached hydrogen (secondary N) is 1. The molecule has 1 aromatic heterocycles. The maximum absolute atomic E-state index is 14.3. The van der Waals surface area contributed by atoms with Gasteiger partial charge in [-0.05, 0) is 30.5 Å². The Bertz CT molecular complexity index is 1290. The Hall–Kier alpha value is -4.01. The van der Waals surface area contributed by atoms with Crippen molar-refractivity contribution in [1.82, 2.24) is 24.9 Å². The molecule has 0 aliphatic carbocycles. The summed E-state index contributed by atoms with van der Waals surface area (Å²) in [6, 6.07) is 16.1. The molecule has 0 unspecified atom stereocenters. The summed E-state index contributed by atoms with van der Waals surface area (Å²) in [6.07, 6.45) is 2.24. The van der Waals surface area contributed by atoms with Gasteiger partial charge in [-0.25, -0.2) is 4.39 Å². The lowest BCUT2D eigenvalue weighted by Crippen LogP contribution is -2.50. The third-order valence-electron chi connectivity index (χ3n) is 6.73. The summed E-state index contributed by atoms with van der Waals surface area (Å²) < 4.78 is 16.2. The number of carbonyl (C=O) groups excluding carboxylic acids is 3. The molecule has 0 radical (unpaired) electrons. The second-order valence-corrected chi connectivity index (χ2v) is 9.12. The number of rotatable bonds is 6. The minimum Gasteiger partial charge on any atom is -0.353 e. The SMILES string of the molecule is O=C1CN(C(=O)c2nn(CCCc3ccccc3)c3c2CN(C(=O)c2ccccc2F)CC3)CCN1. The molecule has 0 saturated carbocycles. The molecule has 1 N–H and O–H groups in total. The van der Waals surface area contributed by atoms with E-state index in [0.717, 1.165) is 18.5 Å². The molecule has 186 valence electrons. The Kier molecular flexibility index (Phi) is 6.79. The van der Waals surface area contributed by atoms with Crippen molar-refractivity contribution in [1.29, 1.82) is 0 Å². The number of aryl methyl sites for hydroxylation is 2. The quantitative estimate of drug-likeness (QED) is 0.576. The van der Waals surface area contributed by atoms with E-state index in [-0.39, 0.29) is 36.2 Å². The normalized spacial score (nSPS) is 15.4. The van der Waals surface area contributed by atoms with Crippen LogP contribution in [0.4, 0.5) is 4.39 Å². The van der Waals surface area contributed by atoms with Gasteiger partial charge < -0.3 is 15.1 Å². The number of hydrogen-bond donors (Lipinski definition) is 1. The zero-order valence-corrected chi connectivity index (χ0v) is 20.0. The van der Waals surface area contributed by atoms with Gasteiger partial charge in [0.25, 0.3) is 11.8 Å². The van der Waals surface area contributed by atoms with Crippen LogP contribution in [0.2, 0.25) is 0 Å². The summed E-state index contributed by atoms with van der Waals surface area (Å²) in [7, 11) is 0. The lowest BCUT2D eigenvalue weighted by molar-refractivity contribution is -0.123. The maximum atomic E-state index is 14.3. The van der Waals surface area contributed by atoms with Crippen LogP contribution in [0.5, 0.6) is 0 Å². The Morgan fingerprint density at radius 1 is 0.944 bits per heavy atom. The molecular formula is C27H28FN5O3. The molecule has 0 atom stereocenters. The van der Waals surface area contributed by atoms with Crippen LogP contribution in [-0.4, -0.2) is 63.5 Å². The Labute approximate surface area is 208 Å². The van der Waals surface area contributed by atoms with Gasteiger partial charge in [-0.1, -0.05) is 42.5 Å². The number of nitrogens with zero attached hydrogens (tertiary/aromatic N) is 4. The maximum Gasteiger partial charge on any atom is 0.275 e. The molecule has 3 heterocycles. The van der Waals surface area contributed by atoms with Gasteiger partial charge >= 0.3 is 0 Å². The molecule has 1 saturated heterocycles. The highest BCUT2D eigenvalue weighted by Crippen LogP contribution is 2.26. The Morgan fingerprint density at radius 2 is 1.69 bits per heavy atom. The third-order valence-corrected chi connectivity index (χ3v) is 6.73. The summed E-state index contributed by atoms with van der Waals surface area (Å²) in [4.78, 5) is 41.5. The van der Waals surface area contributed by atoms with Gasteiger partial charge in [0.1, 0.15) is 5.82 Å². The fourth-order valence-electron chi connectivity index (χ4n) is 4.87. The van der Waals surface area contributed by atoms with Crippen molar-refractivity contribution in [2.75, 3.05) is 26.2 Å². The smallest absolute Gasteiger partial charge is 0.275 e. The molecule has 1 fully saturated rings. The Morgan fingerprint density at radius 3 is 2.47 bits per heavy atom. The van der Waals surface area contributed by atoms with Crippen LogP contribution in [0.15, 0.2) is 54.6 Å². The first-order valence-electron chi connectivity index (χ1n) is 12.2. The van der Waals surface area contributed by atoms with Crippen LogP contribution in [0.3, 0.4) is 0 Å². The van der Waals surface area contributed by atoms with Crippen molar-refractivity contribution in [2.45, 2.75) is 32.4 Å². The molecule has 2 aromatic carbocycles. The van der Waals surface area contributed by atoms with Crippen molar-refractivity contribution < 1.29 is 18.8 Å². The van der Waals surface area contributed by atoms with E-state index < -0.39 is 11.7 Å². The van der Waals surface area contributed by atoms with Crippen molar-refractivity contribution in [3.05, 3.63) is 88.5 Å². The van der Waals surface area contributed by atoms with Crippen LogP contribution in [0.1, 0.15) is 44.1 Å². The van der Waals surface area contributed by atoms with E-state index in [0.29, 0.717) is 38.2 Å². The first kappa shape index (κ1) is 23.7. The molecule has 8 nitrogen and oxygen atoms in total. The zero-order chi connectivity index (χ0) is 25.1. The molecule has 36 heavy (non-hydrogen) atoms. The fourth-order valence-corrected chi connectivity index (χ4v) is 4.87. The average Bonchev–Trinajstić information content (AvgIpc) is 3.26. The van der Waals surface area contributed by atoms with Crippen molar-refractivity contribution >= 4 is 17.7 Å². The predicted molar refractivity (Wildman–Crippen MR) is 131 cm³/mol. The predicted octanol–water partition coefficient (Wildman–Crippen LogP) is 2.43. The van der Waals surface area contributed by atoms with E-state index >= 15 is 0 Å². The fraction of sp³-hybridized carbons (Fsp3) is 0.333. The summed E-state index contributed by atoms with van der Waals surface area (Å²) in [5.74, 6) is -1.50. The number of amides is 3. The zero-order valence-electron chi connectivity index (χ0n) is 20.0. The standard InChI is InChI=1S/C27H28FN5O3/c28-22-11-5-4-10-20(22)26(35)31-15-12-23-21(17-31)25(27(36)32-16-13-29-24(34)18-32)30-33(23)14-6-9-19-7-2-1-3-8-19/h1-5,7-8,10-11H,6,9,12-18H2,(H,29,34). The van der Waals surface area contributed by atoms with E-state index in [1.165, 1.54) is 22.6 Å². The number of benzene rings is 2. The molecule has 5 rings (SSSR count). The van der Waals surface area contributed by atoms with Crippen LogP contribution < -0.4 is 5.32 Å². The third kappa shape index (κ3) is 4.86. The lowest BCUT2D eigenvalue weighted by Gasteiger charge is -2.29. The number of aromatic nitrogens is 2. The van der Waals surface area contributed by atoms with Gasteiger partial charge in [-0.15, -0.1) is 0 Å². The minimum atomic E-state index is -0.569. The highest BCUT2D eigenvalue weighted by molar-refractivity contribution is 5.98. The second kappa shape index (κ2) is 10.3. The molecular weight excluding hydrogens is 461 g/mol. The first-order chi connectivity index (χ1) is 17.5. The summed E-state index contributed by atoms with van der Waals surface area (Å²) in [5.41, 5.74) is 3.12. The Balaban J connectivity index is 1.41. The van der Waals surface area contributed by atoms with Crippen LogP contribution in [-0.2, 0) is 30.7 Å². The van der Waals surface area contributed by atoms with Gasteiger partial charge in [-0.2, -0.15) is 5.10 Å². The highest BCUT2D eigenvalue weighted by atomic mass is 19.1. The second-order valence-electron chi connectivity index (χ2n) is 9.12. The number of piperazine rings is 1. The number of halogens is 1. The van der Waals surface area contributed by atoms with Gasteiger partial charge in [0.2, 0.25) is 5.91 Å². The van der Waals surface area contributed by atoms with Crippen LogP contribution in [0.25, 0.3) is 0 Å². The van der Waals surface area contributed by atoms with E-state index in [9.17, 15) is 18.8 Å². The van der Waals surface area contributed by atoms with Crippen molar-refractivity contribution in [2.24, 2.45) is 0 Å². The number of fused-ring (bicyclic) bond motifs is 1.